The molecule has 0 radical (unpaired) electrons. The summed E-state index contributed by atoms with van der Waals surface area (Å²) in [6.07, 6.45) is 13.7. The van der Waals surface area contributed by atoms with Gasteiger partial charge in [-0.1, -0.05) is 96.1 Å². The Bertz CT molecular complexity index is 3060. The second-order valence-electron chi connectivity index (χ2n) is 23.5. The first-order valence-electron chi connectivity index (χ1n) is 24.5. The fourth-order valence-corrected chi connectivity index (χ4v) is 17.4. The van der Waals surface area contributed by atoms with Crippen molar-refractivity contribution in [3.05, 3.63) is 113 Å². The molecule has 4 unspecified atom stereocenters. The molecule has 4 saturated carbocycles. The summed E-state index contributed by atoms with van der Waals surface area (Å²) in [5.74, 6) is 4.86. The Morgan fingerprint density at radius 2 is 1.23 bits per heavy atom. The summed E-state index contributed by atoms with van der Waals surface area (Å²) >= 11 is 0. The Labute approximate surface area is 363 Å². The van der Waals surface area contributed by atoms with Crippen LogP contribution in [0.4, 0.5) is 0 Å². The summed E-state index contributed by atoms with van der Waals surface area (Å²) in [4.78, 5) is 0. The van der Waals surface area contributed by atoms with Gasteiger partial charge in [0.15, 0.2) is 0 Å². The van der Waals surface area contributed by atoms with Gasteiger partial charge in [-0.05, 0) is 192 Å². The fourth-order valence-electron chi connectivity index (χ4n) is 17.4. The third kappa shape index (κ3) is 4.52. The molecule has 0 N–H and O–H groups in total. The van der Waals surface area contributed by atoms with E-state index in [9.17, 15) is 0 Å². The summed E-state index contributed by atoms with van der Waals surface area (Å²) < 4.78 is 5.61. The van der Waals surface area contributed by atoms with Crippen LogP contribution in [0.15, 0.2) is 84.9 Å². The van der Waals surface area contributed by atoms with Gasteiger partial charge < -0.3 is 9.05 Å². The van der Waals surface area contributed by atoms with Gasteiger partial charge in [-0.2, -0.15) is 0 Å². The van der Waals surface area contributed by atoms with E-state index >= 15 is 0 Å². The van der Waals surface area contributed by atoms with Crippen molar-refractivity contribution in [1.82, 2.24) is 9.05 Å². The average molecular weight is 797 g/mol. The Hall–Kier alpha value is -4.50. The van der Waals surface area contributed by atoms with Crippen molar-refractivity contribution in [2.24, 2.45) is 35.5 Å². The predicted molar refractivity (Wildman–Crippen MR) is 258 cm³/mol. The first-order chi connectivity index (χ1) is 29.4. The maximum Gasteiger partial charge on any atom is 0.333 e. The van der Waals surface area contributed by atoms with Crippen molar-refractivity contribution >= 4 is 50.5 Å². The maximum atomic E-state index is 2.87. The van der Waals surface area contributed by atoms with Crippen molar-refractivity contribution in [1.29, 1.82) is 0 Å². The van der Waals surface area contributed by atoms with Gasteiger partial charge >= 0.3 is 6.85 Å². The van der Waals surface area contributed by atoms with Crippen LogP contribution in [0.5, 0.6) is 0 Å². The zero-order chi connectivity index (χ0) is 41.1. The Morgan fingerprint density at radius 3 is 1.93 bits per heavy atom. The SMILES string of the molecule is Cc1cc2c3c(c1)-n1c4c(c5cccc(c51)B3n1c3ccc(C56CC(C)CC(CC(C)C5)C6)cc3c3cc(C56CC(C)CC(CC(C)C5)C6)cc-2c31)C(C)(C)c1ccccc1-4. The zero-order valence-corrected chi connectivity index (χ0v) is 37.6. The third-order valence-electron chi connectivity index (χ3n) is 18.5. The van der Waals surface area contributed by atoms with Gasteiger partial charge in [0.05, 0.1) is 11.2 Å². The summed E-state index contributed by atoms with van der Waals surface area (Å²) in [5.41, 5.74) is 22.5. The van der Waals surface area contributed by atoms with E-state index in [-0.39, 0.29) is 17.7 Å². The molecule has 7 aromatic rings. The van der Waals surface area contributed by atoms with Crippen molar-refractivity contribution in [2.45, 2.75) is 129 Å². The van der Waals surface area contributed by atoms with Crippen LogP contribution in [-0.4, -0.2) is 15.9 Å². The van der Waals surface area contributed by atoms with Crippen molar-refractivity contribution in [3.63, 3.8) is 0 Å². The Balaban J connectivity index is 1.11. The van der Waals surface area contributed by atoms with Gasteiger partial charge in [-0.3, -0.25) is 0 Å². The lowest BCUT2D eigenvalue weighted by atomic mass is 9.45. The first-order valence-corrected chi connectivity index (χ1v) is 24.5. The highest BCUT2D eigenvalue weighted by atomic mass is 15.0. The minimum Gasteiger partial charge on any atom is -0.375 e. The summed E-state index contributed by atoms with van der Waals surface area (Å²) in [6, 6.07) is 35.3. The van der Waals surface area contributed by atoms with E-state index < -0.39 is 0 Å². The second kappa shape index (κ2) is 11.7. The summed E-state index contributed by atoms with van der Waals surface area (Å²) in [6.45, 7) is 17.6. The topological polar surface area (TPSA) is 9.86 Å². The van der Waals surface area contributed by atoms with Crippen LogP contribution in [-0.2, 0) is 16.2 Å². The van der Waals surface area contributed by atoms with Gasteiger partial charge in [0.25, 0.3) is 0 Å². The molecule has 7 aliphatic rings. The molecule has 2 aliphatic heterocycles. The molecule has 2 aromatic heterocycles. The molecule has 2 nitrogen and oxygen atoms in total. The number of fused-ring (bicyclic) bond motifs is 16. The molecule has 4 fully saturated rings. The predicted octanol–water partition coefficient (Wildman–Crippen LogP) is 13.5. The van der Waals surface area contributed by atoms with Gasteiger partial charge in [0, 0.05) is 49.4 Å². The van der Waals surface area contributed by atoms with E-state index in [2.05, 4.69) is 142 Å². The van der Waals surface area contributed by atoms with Gasteiger partial charge in [-0.15, -0.1) is 0 Å². The highest BCUT2D eigenvalue weighted by Crippen LogP contribution is 2.59. The minimum absolute atomic E-state index is 0.0837. The van der Waals surface area contributed by atoms with Crippen LogP contribution in [0.3, 0.4) is 0 Å². The number of aryl methyl sites for hydroxylation is 1. The standard InChI is InChI=1S/C58H61BN2/c1-32-21-44-46-25-40(58-28-35(4)19-38(31-58)20-36(5)29-58)24-45-43-23-39(57-26-33(2)17-37(30-57)18-34(3)27-57)15-16-49(43)61(53(45)46)59-48-14-10-12-42-51-55(60(54(42)48)50(22-32)52(44)59)41-11-8-9-13-47(41)56(51,6)7/h8-16,21-25,33-38H,17-20,26-31H2,1-7H3. The Morgan fingerprint density at radius 1 is 0.574 bits per heavy atom. The molecule has 61 heavy (non-hydrogen) atoms. The lowest BCUT2D eigenvalue weighted by Crippen LogP contribution is -2.55. The third-order valence-corrected chi connectivity index (χ3v) is 18.5. The number of rotatable bonds is 2. The minimum atomic E-state index is -0.0837. The molecule has 14 rings (SSSR count). The first kappa shape index (κ1) is 36.0. The van der Waals surface area contributed by atoms with E-state index in [0.717, 1.165) is 35.5 Å². The number of benzene rings is 5. The molecule has 306 valence electrons. The highest BCUT2D eigenvalue weighted by molar-refractivity contribution is 6.90. The monoisotopic (exact) mass is 796 g/mol. The van der Waals surface area contributed by atoms with E-state index in [4.69, 9.17) is 0 Å². The van der Waals surface area contributed by atoms with Crippen LogP contribution in [0, 0.1) is 42.4 Å². The molecule has 5 aromatic carbocycles. The van der Waals surface area contributed by atoms with Crippen LogP contribution < -0.4 is 10.9 Å². The summed E-state index contributed by atoms with van der Waals surface area (Å²) in [7, 11) is 0. The maximum absolute atomic E-state index is 2.87. The smallest absolute Gasteiger partial charge is 0.333 e. The number of hydrogen-bond donors (Lipinski definition) is 0. The van der Waals surface area contributed by atoms with Crippen LogP contribution in [0.1, 0.15) is 134 Å². The molecular formula is C58H61BN2. The largest absolute Gasteiger partial charge is 0.375 e. The number of para-hydroxylation sites is 1. The van der Waals surface area contributed by atoms with E-state index in [0.29, 0.717) is 5.41 Å². The quantitative estimate of drug-likeness (QED) is 0.154. The van der Waals surface area contributed by atoms with Crippen LogP contribution >= 0.6 is 0 Å². The average Bonchev–Trinajstić information content (AvgIpc) is 3.82. The number of nitrogens with zero attached hydrogens (tertiary/aromatic N) is 2. The van der Waals surface area contributed by atoms with Crippen LogP contribution in [0.25, 0.3) is 60.8 Å². The molecule has 0 spiro atoms. The molecule has 5 aliphatic carbocycles. The van der Waals surface area contributed by atoms with Gasteiger partial charge in [-0.25, -0.2) is 0 Å². The molecule has 4 atom stereocenters. The van der Waals surface area contributed by atoms with E-state index in [1.807, 2.05) is 0 Å². The highest BCUT2D eigenvalue weighted by Gasteiger charge is 2.50. The van der Waals surface area contributed by atoms with Crippen molar-refractivity contribution in [2.75, 3.05) is 0 Å². The molecule has 4 heterocycles. The van der Waals surface area contributed by atoms with Gasteiger partial charge in [0.2, 0.25) is 0 Å². The number of aromatic nitrogens is 2. The van der Waals surface area contributed by atoms with Crippen LogP contribution in [0.2, 0.25) is 0 Å². The van der Waals surface area contributed by atoms with E-state index in [1.165, 1.54) is 153 Å². The Kier molecular flexibility index (Phi) is 6.94. The molecule has 0 saturated heterocycles. The molecule has 3 heteroatoms. The lowest BCUT2D eigenvalue weighted by molar-refractivity contribution is 0.0779. The summed E-state index contributed by atoms with van der Waals surface area (Å²) in [5, 5.41) is 4.46. The van der Waals surface area contributed by atoms with Gasteiger partial charge in [0.1, 0.15) is 0 Å². The molecular weight excluding hydrogens is 735 g/mol. The van der Waals surface area contributed by atoms with Crippen molar-refractivity contribution in [3.8, 4) is 28.1 Å². The fraction of sp³-hybridized carbons (Fsp3) is 0.448. The second-order valence-corrected chi connectivity index (χ2v) is 23.5. The molecule has 0 amide bonds. The van der Waals surface area contributed by atoms with E-state index in [1.54, 1.807) is 11.1 Å². The zero-order valence-electron chi connectivity index (χ0n) is 37.6. The molecule has 4 bridgehead atoms. The number of hydrogen-bond acceptors (Lipinski definition) is 0. The van der Waals surface area contributed by atoms with Crippen molar-refractivity contribution < 1.29 is 0 Å². The normalized spacial score (nSPS) is 31.1. The lowest BCUT2D eigenvalue weighted by Gasteiger charge is -2.50.